The van der Waals surface area contributed by atoms with E-state index in [2.05, 4.69) is 29.0 Å². The summed E-state index contributed by atoms with van der Waals surface area (Å²) in [6, 6.07) is 12.2. The molecule has 3 rings (SSSR count). The van der Waals surface area contributed by atoms with Gasteiger partial charge in [-0.15, -0.1) is 0 Å². The first-order valence-corrected chi connectivity index (χ1v) is 9.66. The van der Waals surface area contributed by atoms with Gasteiger partial charge in [-0.25, -0.2) is 4.98 Å². The molecule has 0 amide bonds. The summed E-state index contributed by atoms with van der Waals surface area (Å²) in [4.78, 5) is 9.04. The third-order valence-corrected chi connectivity index (χ3v) is 4.67. The maximum Gasteiger partial charge on any atom is 0.213 e. The van der Waals surface area contributed by atoms with Crippen molar-refractivity contribution in [2.45, 2.75) is 58.3 Å². The monoisotopic (exact) mass is 336 g/mol. The first-order chi connectivity index (χ1) is 12.4. The zero-order valence-corrected chi connectivity index (χ0v) is 15.2. The number of nitrogens with zero attached hydrogens (tertiary/aromatic N) is 2. The molecule has 0 fully saturated rings. The second-order valence-corrected chi connectivity index (χ2v) is 6.68. The lowest BCUT2D eigenvalue weighted by atomic mass is 10.1. The van der Waals surface area contributed by atoms with E-state index in [9.17, 15) is 0 Å². The predicted octanol–water partition coefficient (Wildman–Crippen LogP) is 6.30. The van der Waals surface area contributed by atoms with Crippen molar-refractivity contribution in [2.24, 2.45) is 0 Å². The molecular weight excluding hydrogens is 308 g/mol. The zero-order chi connectivity index (χ0) is 17.3. The molecule has 0 saturated carbocycles. The van der Waals surface area contributed by atoms with Gasteiger partial charge in [-0.1, -0.05) is 57.9 Å². The lowest BCUT2D eigenvalue weighted by Gasteiger charge is -2.07. The molecule has 1 aromatic carbocycles. The van der Waals surface area contributed by atoms with E-state index in [1.807, 2.05) is 30.5 Å². The van der Waals surface area contributed by atoms with Crippen LogP contribution in [0.3, 0.4) is 0 Å². The highest BCUT2D eigenvalue weighted by Crippen LogP contribution is 2.24. The number of unbranched alkanes of at least 4 members (excludes halogenated alkanes) is 7. The van der Waals surface area contributed by atoms with Crippen LogP contribution < -0.4 is 4.74 Å². The molecule has 3 nitrogen and oxygen atoms in total. The van der Waals surface area contributed by atoms with E-state index in [0.717, 1.165) is 40.7 Å². The minimum absolute atomic E-state index is 0.721. The quantitative estimate of drug-likeness (QED) is 0.322. The van der Waals surface area contributed by atoms with Crippen LogP contribution >= 0.6 is 0 Å². The molecule has 0 spiro atoms. The Labute approximate surface area is 150 Å². The Bertz CT molecular complexity index is 800. The Hall–Kier alpha value is -2.16. The fourth-order valence-electron chi connectivity index (χ4n) is 3.24. The molecule has 0 unspecified atom stereocenters. The van der Waals surface area contributed by atoms with Gasteiger partial charge in [0.2, 0.25) is 5.88 Å². The molecule has 0 aliphatic heterocycles. The van der Waals surface area contributed by atoms with E-state index in [-0.39, 0.29) is 0 Å². The third kappa shape index (κ3) is 4.91. The lowest BCUT2D eigenvalue weighted by molar-refractivity contribution is 0.294. The number of ether oxygens (including phenoxy) is 1. The van der Waals surface area contributed by atoms with Gasteiger partial charge in [-0.05, 0) is 30.7 Å². The zero-order valence-electron chi connectivity index (χ0n) is 15.2. The van der Waals surface area contributed by atoms with Crippen molar-refractivity contribution in [3.63, 3.8) is 0 Å². The van der Waals surface area contributed by atoms with Gasteiger partial charge in [0.15, 0.2) is 0 Å². The van der Waals surface area contributed by atoms with Crippen LogP contribution in [0.2, 0.25) is 0 Å². The summed E-state index contributed by atoms with van der Waals surface area (Å²) in [5.74, 6) is 0.721. The number of fused-ring (bicyclic) bond motifs is 3. The first-order valence-electron chi connectivity index (χ1n) is 9.66. The van der Waals surface area contributed by atoms with Crippen LogP contribution in [0, 0.1) is 0 Å². The van der Waals surface area contributed by atoms with Gasteiger partial charge in [0.25, 0.3) is 0 Å². The molecule has 2 aromatic heterocycles. The fourth-order valence-corrected chi connectivity index (χ4v) is 3.24. The molecule has 2 heterocycles. The van der Waals surface area contributed by atoms with E-state index in [1.165, 1.54) is 44.9 Å². The molecule has 0 radical (unpaired) electrons. The molecule has 3 aromatic rings. The molecule has 0 atom stereocenters. The van der Waals surface area contributed by atoms with Gasteiger partial charge < -0.3 is 4.74 Å². The molecule has 0 aliphatic rings. The summed E-state index contributed by atoms with van der Waals surface area (Å²) in [5.41, 5.74) is 1.97. The van der Waals surface area contributed by atoms with E-state index in [1.54, 1.807) is 0 Å². The second kappa shape index (κ2) is 9.36. The molecule has 0 bridgehead atoms. The summed E-state index contributed by atoms with van der Waals surface area (Å²) in [5, 5.41) is 2.27. The van der Waals surface area contributed by atoms with Gasteiger partial charge in [0.1, 0.15) is 0 Å². The summed E-state index contributed by atoms with van der Waals surface area (Å²) in [6.45, 7) is 3.01. The highest BCUT2D eigenvalue weighted by Gasteiger charge is 2.04. The summed E-state index contributed by atoms with van der Waals surface area (Å²) >= 11 is 0. The third-order valence-electron chi connectivity index (χ3n) is 4.67. The highest BCUT2D eigenvalue weighted by atomic mass is 16.5. The fraction of sp³-hybridized carbons (Fsp3) is 0.455. The SMILES string of the molecule is CCCCCCCCCCOc1ccc2c(ccc3ncccc32)n1. The molecule has 25 heavy (non-hydrogen) atoms. The van der Waals surface area contributed by atoms with Crippen molar-refractivity contribution in [3.05, 3.63) is 42.6 Å². The first kappa shape index (κ1) is 17.7. The van der Waals surface area contributed by atoms with Crippen molar-refractivity contribution in [1.82, 2.24) is 9.97 Å². The van der Waals surface area contributed by atoms with E-state index in [4.69, 9.17) is 4.74 Å². The Morgan fingerprint density at radius 3 is 2.32 bits per heavy atom. The lowest BCUT2D eigenvalue weighted by Crippen LogP contribution is -1.99. The van der Waals surface area contributed by atoms with Crippen molar-refractivity contribution in [1.29, 1.82) is 0 Å². The van der Waals surface area contributed by atoms with Crippen LogP contribution in [0.4, 0.5) is 0 Å². The smallest absolute Gasteiger partial charge is 0.213 e. The summed E-state index contributed by atoms with van der Waals surface area (Å²) in [6.07, 6.45) is 12.3. The van der Waals surface area contributed by atoms with Gasteiger partial charge in [-0.3, -0.25) is 4.98 Å². The minimum Gasteiger partial charge on any atom is -0.478 e. The molecule has 0 aliphatic carbocycles. The molecule has 132 valence electrons. The molecular formula is C22H28N2O. The predicted molar refractivity (Wildman–Crippen MR) is 105 cm³/mol. The Kier molecular flexibility index (Phi) is 6.61. The topological polar surface area (TPSA) is 35.0 Å². The van der Waals surface area contributed by atoms with Crippen molar-refractivity contribution >= 4 is 21.8 Å². The van der Waals surface area contributed by atoms with E-state index in [0.29, 0.717) is 0 Å². The van der Waals surface area contributed by atoms with Gasteiger partial charge in [0.05, 0.1) is 17.6 Å². The average molecular weight is 336 g/mol. The minimum atomic E-state index is 0.721. The molecule has 3 heteroatoms. The molecule has 0 saturated heterocycles. The number of pyridine rings is 2. The number of hydrogen-bond acceptors (Lipinski definition) is 3. The van der Waals surface area contributed by atoms with Crippen LogP contribution in [0.15, 0.2) is 42.6 Å². The average Bonchev–Trinajstić information content (AvgIpc) is 2.66. The van der Waals surface area contributed by atoms with E-state index < -0.39 is 0 Å². The normalized spacial score (nSPS) is 11.2. The number of hydrogen-bond donors (Lipinski definition) is 0. The maximum absolute atomic E-state index is 5.84. The van der Waals surface area contributed by atoms with Crippen LogP contribution in [-0.2, 0) is 0 Å². The van der Waals surface area contributed by atoms with Crippen molar-refractivity contribution < 1.29 is 4.74 Å². The summed E-state index contributed by atoms with van der Waals surface area (Å²) < 4.78 is 5.84. The summed E-state index contributed by atoms with van der Waals surface area (Å²) in [7, 11) is 0. The Balaban J connectivity index is 1.47. The number of benzene rings is 1. The Morgan fingerprint density at radius 2 is 1.48 bits per heavy atom. The van der Waals surface area contributed by atoms with Crippen molar-refractivity contribution in [2.75, 3.05) is 6.61 Å². The second-order valence-electron chi connectivity index (χ2n) is 6.68. The van der Waals surface area contributed by atoms with Crippen LogP contribution in [-0.4, -0.2) is 16.6 Å². The van der Waals surface area contributed by atoms with Gasteiger partial charge in [0, 0.05) is 23.0 Å². The van der Waals surface area contributed by atoms with Gasteiger partial charge in [-0.2, -0.15) is 0 Å². The van der Waals surface area contributed by atoms with Crippen LogP contribution in [0.25, 0.3) is 21.8 Å². The largest absolute Gasteiger partial charge is 0.478 e. The standard InChI is InChI=1S/C22H28N2O/c1-2-3-4-5-6-7-8-9-17-25-22-15-12-19-18-11-10-16-23-20(18)13-14-21(19)24-22/h10-16H,2-9,17H2,1H3. The van der Waals surface area contributed by atoms with Crippen LogP contribution in [0.1, 0.15) is 58.3 Å². The molecule has 0 N–H and O–H groups in total. The van der Waals surface area contributed by atoms with Crippen LogP contribution in [0.5, 0.6) is 5.88 Å². The van der Waals surface area contributed by atoms with Gasteiger partial charge >= 0.3 is 0 Å². The number of rotatable bonds is 10. The number of aromatic nitrogens is 2. The van der Waals surface area contributed by atoms with Crippen molar-refractivity contribution in [3.8, 4) is 5.88 Å². The Morgan fingerprint density at radius 1 is 0.760 bits per heavy atom. The van der Waals surface area contributed by atoms with E-state index >= 15 is 0 Å². The maximum atomic E-state index is 5.84. The highest BCUT2D eigenvalue weighted by molar-refractivity contribution is 6.04.